The summed E-state index contributed by atoms with van der Waals surface area (Å²) in [6.07, 6.45) is 2.28. The summed E-state index contributed by atoms with van der Waals surface area (Å²) in [5, 5.41) is 4.62. The first-order valence-corrected chi connectivity index (χ1v) is 6.73. The van der Waals surface area contributed by atoms with E-state index in [9.17, 15) is 0 Å². The van der Waals surface area contributed by atoms with E-state index in [0.29, 0.717) is 28.4 Å². The Morgan fingerprint density at radius 2 is 1.71 bits per heavy atom. The molecule has 4 heteroatoms. The van der Waals surface area contributed by atoms with Gasteiger partial charge in [0.1, 0.15) is 12.4 Å². The lowest BCUT2D eigenvalue weighted by Crippen LogP contribution is -2.31. The van der Waals surface area contributed by atoms with Crippen molar-refractivity contribution >= 4 is 23.2 Å². The monoisotopic (exact) mass is 275 g/mol. The Morgan fingerprint density at radius 3 is 2.24 bits per heavy atom. The van der Waals surface area contributed by atoms with Crippen molar-refractivity contribution in [2.45, 2.75) is 32.7 Å². The van der Waals surface area contributed by atoms with Crippen LogP contribution < -0.4 is 10.1 Å². The normalized spacial score (nSPS) is 10.9. The smallest absolute Gasteiger partial charge is 0.122 e. The number of hydrogen-bond acceptors (Lipinski definition) is 2. The molecule has 0 bridgehead atoms. The molecule has 96 valence electrons. The van der Waals surface area contributed by atoms with Gasteiger partial charge in [-0.3, -0.25) is 0 Å². The van der Waals surface area contributed by atoms with E-state index in [4.69, 9.17) is 27.9 Å². The van der Waals surface area contributed by atoms with Crippen molar-refractivity contribution in [3.8, 4) is 5.75 Å². The van der Waals surface area contributed by atoms with Gasteiger partial charge in [0, 0.05) is 22.6 Å². The molecule has 0 radical (unpaired) electrons. The van der Waals surface area contributed by atoms with Gasteiger partial charge in [0.2, 0.25) is 0 Å². The summed E-state index contributed by atoms with van der Waals surface area (Å²) in [5.41, 5.74) is 0. The molecule has 1 aromatic carbocycles. The fourth-order valence-corrected chi connectivity index (χ4v) is 2.13. The van der Waals surface area contributed by atoms with Gasteiger partial charge in [0.25, 0.3) is 0 Å². The maximum atomic E-state index is 5.88. The average Bonchev–Trinajstić information content (AvgIpc) is 2.28. The molecule has 2 nitrogen and oxygen atoms in total. The largest absolute Gasteiger partial charge is 0.492 e. The number of ether oxygens (including phenoxy) is 1. The molecule has 0 aliphatic rings. The van der Waals surface area contributed by atoms with Crippen molar-refractivity contribution in [3.05, 3.63) is 28.2 Å². The Labute approximate surface area is 113 Å². The van der Waals surface area contributed by atoms with Crippen LogP contribution in [0.2, 0.25) is 10.0 Å². The van der Waals surface area contributed by atoms with E-state index in [1.807, 2.05) is 0 Å². The Hall–Kier alpha value is -0.440. The topological polar surface area (TPSA) is 21.3 Å². The molecule has 17 heavy (non-hydrogen) atoms. The van der Waals surface area contributed by atoms with Gasteiger partial charge in [-0.2, -0.15) is 0 Å². The zero-order chi connectivity index (χ0) is 12.7. The van der Waals surface area contributed by atoms with Crippen LogP contribution in [0.3, 0.4) is 0 Å². The second kappa shape index (κ2) is 7.80. The van der Waals surface area contributed by atoms with E-state index in [-0.39, 0.29) is 0 Å². The van der Waals surface area contributed by atoms with Crippen LogP contribution in [-0.4, -0.2) is 19.2 Å². The summed E-state index contributed by atoms with van der Waals surface area (Å²) in [6.45, 7) is 5.81. The lowest BCUT2D eigenvalue weighted by Gasteiger charge is -2.15. The van der Waals surface area contributed by atoms with Crippen LogP contribution in [-0.2, 0) is 0 Å². The molecule has 0 heterocycles. The molecule has 0 aromatic heterocycles. The Bertz CT molecular complexity index is 320. The van der Waals surface area contributed by atoms with Crippen molar-refractivity contribution in [2.75, 3.05) is 13.2 Å². The van der Waals surface area contributed by atoms with Gasteiger partial charge in [-0.25, -0.2) is 0 Å². The van der Waals surface area contributed by atoms with Crippen LogP contribution >= 0.6 is 23.2 Å². The van der Waals surface area contributed by atoms with Crippen LogP contribution in [0.15, 0.2) is 18.2 Å². The van der Waals surface area contributed by atoms with Gasteiger partial charge in [0.05, 0.1) is 0 Å². The van der Waals surface area contributed by atoms with Gasteiger partial charge in [0.15, 0.2) is 0 Å². The first-order valence-electron chi connectivity index (χ1n) is 5.98. The van der Waals surface area contributed by atoms with E-state index in [1.165, 1.54) is 0 Å². The summed E-state index contributed by atoms with van der Waals surface area (Å²) in [4.78, 5) is 0. The number of nitrogens with one attached hydrogen (secondary N) is 1. The van der Waals surface area contributed by atoms with Crippen LogP contribution in [0.1, 0.15) is 26.7 Å². The number of benzene rings is 1. The van der Waals surface area contributed by atoms with Gasteiger partial charge in [-0.1, -0.05) is 37.0 Å². The van der Waals surface area contributed by atoms with E-state index in [2.05, 4.69) is 19.2 Å². The number of rotatable bonds is 7. The fraction of sp³-hybridized carbons (Fsp3) is 0.538. The molecule has 0 unspecified atom stereocenters. The maximum absolute atomic E-state index is 5.88. The zero-order valence-corrected chi connectivity index (χ0v) is 11.8. The molecule has 0 aliphatic heterocycles. The fourth-order valence-electron chi connectivity index (χ4n) is 1.62. The Balaban J connectivity index is 2.31. The van der Waals surface area contributed by atoms with Crippen LogP contribution in [0, 0.1) is 0 Å². The molecular weight excluding hydrogens is 257 g/mol. The van der Waals surface area contributed by atoms with E-state index in [0.717, 1.165) is 19.4 Å². The zero-order valence-electron chi connectivity index (χ0n) is 10.3. The summed E-state index contributed by atoms with van der Waals surface area (Å²) in [5.74, 6) is 0.717. The summed E-state index contributed by atoms with van der Waals surface area (Å²) in [7, 11) is 0. The van der Waals surface area contributed by atoms with Gasteiger partial charge >= 0.3 is 0 Å². The maximum Gasteiger partial charge on any atom is 0.122 e. The van der Waals surface area contributed by atoms with Crippen molar-refractivity contribution < 1.29 is 4.74 Å². The SMILES string of the molecule is CCC(CC)NCCOc1cc(Cl)cc(Cl)c1. The van der Waals surface area contributed by atoms with Crippen LogP contribution in [0.25, 0.3) is 0 Å². The predicted molar refractivity (Wildman–Crippen MR) is 74.3 cm³/mol. The molecule has 0 atom stereocenters. The highest BCUT2D eigenvalue weighted by molar-refractivity contribution is 6.34. The molecule has 0 aliphatic carbocycles. The first kappa shape index (κ1) is 14.6. The number of hydrogen-bond donors (Lipinski definition) is 1. The molecule has 1 rings (SSSR count). The lowest BCUT2D eigenvalue weighted by molar-refractivity contribution is 0.302. The summed E-state index contributed by atoms with van der Waals surface area (Å²) in [6, 6.07) is 5.80. The Morgan fingerprint density at radius 1 is 1.12 bits per heavy atom. The molecule has 1 N–H and O–H groups in total. The minimum atomic E-state index is 0.571. The predicted octanol–water partition coefficient (Wildman–Crippen LogP) is 4.15. The third-order valence-corrected chi connectivity index (χ3v) is 3.06. The molecule has 1 aromatic rings. The lowest BCUT2D eigenvalue weighted by atomic mass is 10.2. The quantitative estimate of drug-likeness (QED) is 0.755. The molecular formula is C13H19Cl2NO. The van der Waals surface area contributed by atoms with E-state index < -0.39 is 0 Å². The molecule has 0 amide bonds. The second-order valence-corrected chi connectivity index (χ2v) is 4.79. The minimum absolute atomic E-state index is 0.571. The van der Waals surface area contributed by atoms with Gasteiger partial charge < -0.3 is 10.1 Å². The molecule has 0 saturated heterocycles. The third-order valence-electron chi connectivity index (χ3n) is 2.63. The standard InChI is InChI=1S/C13H19Cl2NO/c1-3-12(4-2)16-5-6-17-13-8-10(14)7-11(15)9-13/h7-9,12,16H,3-6H2,1-2H3. The highest BCUT2D eigenvalue weighted by Crippen LogP contribution is 2.23. The van der Waals surface area contributed by atoms with Gasteiger partial charge in [-0.05, 0) is 31.0 Å². The van der Waals surface area contributed by atoms with Crippen molar-refractivity contribution in [2.24, 2.45) is 0 Å². The highest BCUT2D eigenvalue weighted by atomic mass is 35.5. The van der Waals surface area contributed by atoms with Crippen LogP contribution in [0.4, 0.5) is 0 Å². The highest BCUT2D eigenvalue weighted by Gasteiger charge is 2.02. The summed E-state index contributed by atoms with van der Waals surface area (Å²) < 4.78 is 5.58. The first-order chi connectivity index (χ1) is 8.15. The number of halogens is 2. The van der Waals surface area contributed by atoms with Crippen LogP contribution in [0.5, 0.6) is 5.75 Å². The van der Waals surface area contributed by atoms with Crippen molar-refractivity contribution in [3.63, 3.8) is 0 Å². The second-order valence-electron chi connectivity index (χ2n) is 3.92. The molecule has 0 spiro atoms. The molecule has 0 saturated carbocycles. The average molecular weight is 276 g/mol. The van der Waals surface area contributed by atoms with E-state index in [1.54, 1.807) is 18.2 Å². The van der Waals surface area contributed by atoms with Crippen molar-refractivity contribution in [1.29, 1.82) is 0 Å². The van der Waals surface area contributed by atoms with E-state index >= 15 is 0 Å². The minimum Gasteiger partial charge on any atom is -0.492 e. The Kier molecular flexibility index (Phi) is 6.71. The van der Waals surface area contributed by atoms with Gasteiger partial charge in [-0.15, -0.1) is 0 Å². The molecule has 0 fully saturated rings. The summed E-state index contributed by atoms with van der Waals surface area (Å²) >= 11 is 11.8. The third kappa shape index (κ3) is 5.62. The van der Waals surface area contributed by atoms with Crippen molar-refractivity contribution in [1.82, 2.24) is 5.32 Å².